The number of ether oxygens (including phenoxy) is 2. The number of amides is 1. The van der Waals surface area contributed by atoms with Gasteiger partial charge in [0.15, 0.2) is 0 Å². The fourth-order valence-electron chi connectivity index (χ4n) is 1.89. The van der Waals surface area contributed by atoms with Crippen LogP contribution in [0.5, 0.6) is 0 Å². The Kier molecular flexibility index (Phi) is 4.05. The first-order chi connectivity index (χ1) is 8.10. The molecule has 2 atom stereocenters. The first-order valence-corrected chi connectivity index (χ1v) is 6.21. The van der Waals surface area contributed by atoms with E-state index in [2.05, 4.69) is 0 Å². The molecular weight excluding hydrogens is 234 g/mol. The summed E-state index contributed by atoms with van der Waals surface area (Å²) >= 11 is 0. The SMILES string of the molecule is CC(C)[C@H]1OC[C@@](C)(C=O)N1C(=O)OC(C)(C)C. The minimum absolute atomic E-state index is 0.0966. The smallest absolute Gasteiger partial charge is 0.413 e. The van der Waals surface area contributed by atoms with Crippen molar-refractivity contribution in [3.05, 3.63) is 0 Å². The van der Waals surface area contributed by atoms with E-state index in [1.54, 1.807) is 27.7 Å². The van der Waals surface area contributed by atoms with E-state index in [0.29, 0.717) is 0 Å². The molecule has 0 radical (unpaired) electrons. The van der Waals surface area contributed by atoms with Crippen LogP contribution in [0, 0.1) is 5.92 Å². The van der Waals surface area contributed by atoms with E-state index in [0.717, 1.165) is 6.29 Å². The van der Waals surface area contributed by atoms with Crippen LogP contribution in [-0.4, -0.2) is 41.3 Å². The third-order valence-electron chi connectivity index (χ3n) is 2.77. The summed E-state index contributed by atoms with van der Waals surface area (Å²) in [4.78, 5) is 24.9. The lowest BCUT2D eigenvalue weighted by molar-refractivity contribution is -0.116. The highest BCUT2D eigenvalue weighted by Gasteiger charge is 2.49. The van der Waals surface area contributed by atoms with E-state index in [4.69, 9.17) is 9.47 Å². The number of aldehydes is 1. The van der Waals surface area contributed by atoms with E-state index in [9.17, 15) is 9.59 Å². The van der Waals surface area contributed by atoms with Gasteiger partial charge < -0.3 is 14.3 Å². The van der Waals surface area contributed by atoms with Gasteiger partial charge in [0.05, 0.1) is 6.61 Å². The summed E-state index contributed by atoms with van der Waals surface area (Å²) in [5.74, 6) is 0.0966. The summed E-state index contributed by atoms with van der Waals surface area (Å²) < 4.78 is 10.9. The zero-order valence-corrected chi connectivity index (χ0v) is 12.0. The Bertz CT molecular complexity index is 334. The molecular formula is C13H23NO4. The summed E-state index contributed by atoms with van der Waals surface area (Å²) in [5, 5.41) is 0. The minimum Gasteiger partial charge on any atom is -0.444 e. The maximum absolute atomic E-state index is 12.2. The lowest BCUT2D eigenvalue weighted by Gasteiger charge is -2.35. The maximum Gasteiger partial charge on any atom is 0.413 e. The van der Waals surface area contributed by atoms with E-state index in [1.165, 1.54) is 4.90 Å². The number of rotatable bonds is 2. The molecule has 1 aliphatic rings. The molecule has 0 aromatic heterocycles. The van der Waals surface area contributed by atoms with Crippen LogP contribution in [0.4, 0.5) is 4.79 Å². The van der Waals surface area contributed by atoms with Gasteiger partial charge in [0.25, 0.3) is 0 Å². The number of carbonyl (C=O) groups excluding carboxylic acids is 2. The molecule has 0 saturated carbocycles. The molecule has 0 aromatic carbocycles. The van der Waals surface area contributed by atoms with Crippen LogP contribution in [0.1, 0.15) is 41.5 Å². The van der Waals surface area contributed by atoms with Crippen molar-refractivity contribution >= 4 is 12.4 Å². The van der Waals surface area contributed by atoms with Crippen LogP contribution in [-0.2, 0) is 14.3 Å². The van der Waals surface area contributed by atoms with Crippen molar-refractivity contribution < 1.29 is 19.1 Å². The fourth-order valence-corrected chi connectivity index (χ4v) is 1.89. The first-order valence-electron chi connectivity index (χ1n) is 6.21. The monoisotopic (exact) mass is 257 g/mol. The Hall–Kier alpha value is -1.10. The molecule has 1 fully saturated rings. The predicted octanol–water partition coefficient (Wildman–Crippen LogP) is 2.19. The number of hydrogen-bond acceptors (Lipinski definition) is 4. The van der Waals surface area contributed by atoms with E-state index >= 15 is 0 Å². The molecule has 1 saturated heterocycles. The average molecular weight is 257 g/mol. The molecule has 0 aliphatic carbocycles. The van der Waals surface area contributed by atoms with Crippen LogP contribution >= 0.6 is 0 Å². The minimum atomic E-state index is -0.947. The molecule has 1 amide bonds. The molecule has 0 unspecified atom stereocenters. The number of hydrogen-bond donors (Lipinski definition) is 0. The largest absolute Gasteiger partial charge is 0.444 e. The lowest BCUT2D eigenvalue weighted by Crippen LogP contribution is -2.53. The summed E-state index contributed by atoms with van der Waals surface area (Å²) in [7, 11) is 0. The van der Waals surface area contributed by atoms with Gasteiger partial charge in [-0.3, -0.25) is 4.90 Å². The second-order valence-electron chi connectivity index (χ2n) is 6.27. The maximum atomic E-state index is 12.2. The van der Waals surface area contributed by atoms with Crippen LogP contribution in [0.25, 0.3) is 0 Å². The first kappa shape index (κ1) is 15.0. The summed E-state index contributed by atoms with van der Waals surface area (Å²) in [6.45, 7) is 11.2. The Labute approximate surface area is 108 Å². The second kappa shape index (κ2) is 4.88. The normalized spacial score (nSPS) is 28.6. The van der Waals surface area contributed by atoms with Gasteiger partial charge in [-0.2, -0.15) is 0 Å². The molecule has 5 nitrogen and oxygen atoms in total. The third-order valence-corrected chi connectivity index (χ3v) is 2.77. The van der Waals surface area contributed by atoms with Gasteiger partial charge in [-0.25, -0.2) is 4.79 Å². The zero-order valence-electron chi connectivity index (χ0n) is 12.0. The Morgan fingerprint density at radius 2 is 2.06 bits per heavy atom. The van der Waals surface area contributed by atoms with Gasteiger partial charge in [0.2, 0.25) is 0 Å². The molecule has 1 rings (SSSR count). The van der Waals surface area contributed by atoms with E-state index in [-0.39, 0.29) is 12.5 Å². The number of carbonyl (C=O) groups is 2. The molecule has 0 bridgehead atoms. The van der Waals surface area contributed by atoms with E-state index in [1.807, 2.05) is 13.8 Å². The van der Waals surface area contributed by atoms with Crippen molar-refractivity contribution in [1.82, 2.24) is 4.90 Å². The van der Waals surface area contributed by atoms with Crippen molar-refractivity contribution in [2.24, 2.45) is 5.92 Å². The van der Waals surface area contributed by atoms with Gasteiger partial charge in [-0.05, 0) is 33.6 Å². The van der Waals surface area contributed by atoms with Crippen molar-refractivity contribution in [2.75, 3.05) is 6.61 Å². The third kappa shape index (κ3) is 3.02. The van der Waals surface area contributed by atoms with Crippen molar-refractivity contribution in [3.63, 3.8) is 0 Å². The van der Waals surface area contributed by atoms with E-state index < -0.39 is 23.5 Å². The summed E-state index contributed by atoms with van der Waals surface area (Å²) in [5.41, 5.74) is -1.54. The molecule has 104 valence electrons. The Balaban J connectivity index is 2.97. The molecule has 5 heteroatoms. The molecule has 0 spiro atoms. The Morgan fingerprint density at radius 3 is 2.44 bits per heavy atom. The Morgan fingerprint density at radius 1 is 1.50 bits per heavy atom. The second-order valence-corrected chi connectivity index (χ2v) is 6.27. The fraction of sp³-hybridized carbons (Fsp3) is 0.846. The molecule has 18 heavy (non-hydrogen) atoms. The van der Waals surface area contributed by atoms with Crippen LogP contribution in [0.2, 0.25) is 0 Å². The van der Waals surface area contributed by atoms with Gasteiger partial charge in [0, 0.05) is 0 Å². The number of nitrogens with zero attached hydrogens (tertiary/aromatic N) is 1. The van der Waals surface area contributed by atoms with Crippen LogP contribution in [0.3, 0.4) is 0 Å². The van der Waals surface area contributed by atoms with Crippen LogP contribution < -0.4 is 0 Å². The summed E-state index contributed by atoms with van der Waals surface area (Å²) in [6.07, 6.45) is -0.178. The van der Waals surface area contributed by atoms with Crippen molar-refractivity contribution in [3.8, 4) is 0 Å². The molecule has 0 aromatic rings. The highest BCUT2D eigenvalue weighted by molar-refractivity contribution is 5.77. The van der Waals surface area contributed by atoms with Gasteiger partial charge in [0.1, 0.15) is 23.7 Å². The topological polar surface area (TPSA) is 55.8 Å². The lowest BCUT2D eigenvalue weighted by atomic mass is 10.0. The van der Waals surface area contributed by atoms with Gasteiger partial charge in [-0.1, -0.05) is 13.8 Å². The standard InChI is InChI=1S/C13H23NO4/c1-9(2)10-14(11(16)18-12(3,4)5)13(6,7-15)8-17-10/h7,9-10H,8H2,1-6H3/t10-,13-/m1/s1. The highest BCUT2D eigenvalue weighted by atomic mass is 16.6. The van der Waals surface area contributed by atoms with Crippen molar-refractivity contribution in [2.45, 2.75) is 58.9 Å². The highest BCUT2D eigenvalue weighted by Crippen LogP contribution is 2.31. The van der Waals surface area contributed by atoms with Crippen LogP contribution in [0.15, 0.2) is 0 Å². The zero-order chi connectivity index (χ0) is 14.1. The van der Waals surface area contributed by atoms with Gasteiger partial charge >= 0.3 is 6.09 Å². The predicted molar refractivity (Wildman–Crippen MR) is 67.1 cm³/mol. The van der Waals surface area contributed by atoms with Gasteiger partial charge in [-0.15, -0.1) is 0 Å². The molecule has 0 N–H and O–H groups in total. The molecule has 1 aliphatic heterocycles. The van der Waals surface area contributed by atoms with Crippen molar-refractivity contribution in [1.29, 1.82) is 0 Å². The summed E-state index contributed by atoms with van der Waals surface area (Å²) in [6, 6.07) is 0. The average Bonchev–Trinajstić information content (AvgIpc) is 2.54. The quantitative estimate of drug-likeness (QED) is 0.712. The molecule has 1 heterocycles.